The molecule has 1 atom stereocenters. The highest BCUT2D eigenvalue weighted by atomic mass is 19.1. The van der Waals surface area contributed by atoms with Crippen molar-refractivity contribution < 1.29 is 23.8 Å². The summed E-state index contributed by atoms with van der Waals surface area (Å²) in [5, 5.41) is 12.2. The van der Waals surface area contributed by atoms with Crippen molar-refractivity contribution in [3.8, 4) is 11.5 Å². The fraction of sp³-hybridized carbons (Fsp3) is 0.133. The van der Waals surface area contributed by atoms with Crippen LogP contribution in [0.3, 0.4) is 0 Å². The van der Waals surface area contributed by atoms with Crippen LogP contribution in [0.4, 0.5) is 10.1 Å². The highest BCUT2D eigenvalue weighted by Crippen LogP contribution is 2.35. The first kappa shape index (κ1) is 13.2. The number of nitrogens with one attached hydrogen (secondary N) is 1. The van der Waals surface area contributed by atoms with Crippen LogP contribution in [-0.4, -0.2) is 17.9 Å². The van der Waals surface area contributed by atoms with E-state index in [9.17, 15) is 14.3 Å². The van der Waals surface area contributed by atoms with E-state index in [-0.39, 0.29) is 6.79 Å². The monoisotopic (exact) mass is 289 g/mol. The number of rotatable bonds is 4. The molecule has 2 aromatic carbocycles. The second-order valence-corrected chi connectivity index (χ2v) is 4.54. The molecule has 1 aliphatic heterocycles. The summed E-state index contributed by atoms with van der Waals surface area (Å²) in [6.45, 7) is 0.119. The van der Waals surface area contributed by atoms with Crippen molar-refractivity contribution in [2.24, 2.45) is 0 Å². The van der Waals surface area contributed by atoms with E-state index in [0.29, 0.717) is 22.7 Å². The zero-order valence-electron chi connectivity index (χ0n) is 10.9. The molecule has 0 spiro atoms. The van der Waals surface area contributed by atoms with Crippen molar-refractivity contribution in [1.82, 2.24) is 0 Å². The largest absolute Gasteiger partial charge is 0.479 e. The van der Waals surface area contributed by atoms with E-state index in [0.717, 1.165) is 0 Å². The summed E-state index contributed by atoms with van der Waals surface area (Å²) in [6, 6.07) is 9.53. The Bertz CT molecular complexity index is 689. The van der Waals surface area contributed by atoms with Crippen molar-refractivity contribution in [2.75, 3.05) is 12.1 Å². The molecule has 1 unspecified atom stereocenters. The normalized spacial score (nSPS) is 13.8. The molecule has 3 rings (SSSR count). The Morgan fingerprint density at radius 3 is 2.76 bits per heavy atom. The fourth-order valence-electron chi connectivity index (χ4n) is 2.13. The SMILES string of the molecule is O=C(O)C(Nc1cccc(F)c1)c1ccc2c(c1)OCO2. The summed E-state index contributed by atoms with van der Waals surface area (Å²) in [6.07, 6.45) is 0. The summed E-state index contributed by atoms with van der Waals surface area (Å²) < 4.78 is 23.6. The Hall–Kier alpha value is -2.76. The summed E-state index contributed by atoms with van der Waals surface area (Å²) in [7, 11) is 0. The van der Waals surface area contributed by atoms with Gasteiger partial charge in [-0.05, 0) is 35.9 Å². The molecule has 0 saturated heterocycles. The van der Waals surface area contributed by atoms with Crippen molar-refractivity contribution in [1.29, 1.82) is 0 Å². The molecule has 1 heterocycles. The van der Waals surface area contributed by atoms with Gasteiger partial charge in [0.25, 0.3) is 0 Å². The van der Waals surface area contributed by atoms with Crippen LogP contribution in [0.25, 0.3) is 0 Å². The molecule has 5 nitrogen and oxygen atoms in total. The van der Waals surface area contributed by atoms with Crippen molar-refractivity contribution >= 4 is 11.7 Å². The quantitative estimate of drug-likeness (QED) is 0.906. The molecular weight excluding hydrogens is 277 g/mol. The Kier molecular flexibility index (Phi) is 3.35. The number of carboxylic acids is 1. The molecule has 0 saturated carbocycles. The van der Waals surface area contributed by atoms with E-state index in [2.05, 4.69) is 5.32 Å². The first-order valence-corrected chi connectivity index (χ1v) is 6.28. The molecule has 0 aliphatic carbocycles. The number of carbonyl (C=O) groups is 1. The second kappa shape index (κ2) is 5.32. The number of carboxylic acid groups (broad SMARTS) is 1. The van der Waals surface area contributed by atoms with Crippen molar-refractivity contribution in [3.05, 3.63) is 53.8 Å². The smallest absolute Gasteiger partial charge is 0.330 e. The van der Waals surface area contributed by atoms with Crippen LogP contribution in [0.5, 0.6) is 11.5 Å². The Morgan fingerprint density at radius 2 is 2.00 bits per heavy atom. The standard InChI is InChI=1S/C15H12FNO4/c16-10-2-1-3-11(7-10)17-14(15(18)19)9-4-5-12-13(6-9)21-8-20-12/h1-7,14,17H,8H2,(H,18,19). The van der Waals surface area contributed by atoms with Gasteiger partial charge < -0.3 is 19.9 Å². The van der Waals surface area contributed by atoms with E-state index in [1.165, 1.54) is 18.2 Å². The summed E-state index contributed by atoms with van der Waals surface area (Å²) in [4.78, 5) is 11.5. The Labute approximate surface area is 119 Å². The first-order valence-electron chi connectivity index (χ1n) is 6.28. The average Bonchev–Trinajstić information content (AvgIpc) is 2.92. The molecule has 2 N–H and O–H groups in total. The predicted molar refractivity (Wildman–Crippen MR) is 73.0 cm³/mol. The number of hydrogen-bond donors (Lipinski definition) is 2. The molecule has 1 aliphatic rings. The van der Waals surface area contributed by atoms with Gasteiger partial charge in [0, 0.05) is 5.69 Å². The summed E-state index contributed by atoms with van der Waals surface area (Å²) in [5.41, 5.74) is 0.885. The van der Waals surface area contributed by atoms with Gasteiger partial charge in [0.1, 0.15) is 5.82 Å². The maximum absolute atomic E-state index is 13.2. The maximum atomic E-state index is 13.2. The van der Waals surface area contributed by atoms with E-state index in [1.807, 2.05) is 0 Å². The van der Waals surface area contributed by atoms with Crippen LogP contribution in [0.2, 0.25) is 0 Å². The molecule has 21 heavy (non-hydrogen) atoms. The zero-order valence-corrected chi connectivity index (χ0v) is 10.9. The topological polar surface area (TPSA) is 67.8 Å². The molecule has 6 heteroatoms. The van der Waals surface area contributed by atoms with Crippen molar-refractivity contribution in [2.45, 2.75) is 6.04 Å². The van der Waals surface area contributed by atoms with E-state index < -0.39 is 17.8 Å². The third kappa shape index (κ3) is 2.74. The van der Waals surface area contributed by atoms with Gasteiger partial charge in [0.2, 0.25) is 6.79 Å². The van der Waals surface area contributed by atoms with Crippen LogP contribution in [0.1, 0.15) is 11.6 Å². The van der Waals surface area contributed by atoms with Gasteiger partial charge in [0.05, 0.1) is 0 Å². The Balaban J connectivity index is 1.89. The lowest BCUT2D eigenvalue weighted by molar-refractivity contribution is -0.138. The second-order valence-electron chi connectivity index (χ2n) is 4.54. The van der Waals surface area contributed by atoms with Crippen molar-refractivity contribution in [3.63, 3.8) is 0 Å². The van der Waals surface area contributed by atoms with Crippen LogP contribution in [-0.2, 0) is 4.79 Å². The highest BCUT2D eigenvalue weighted by molar-refractivity contribution is 5.79. The van der Waals surface area contributed by atoms with Crippen LogP contribution in [0.15, 0.2) is 42.5 Å². The average molecular weight is 289 g/mol. The molecule has 0 radical (unpaired) electrons. The summed E-state index contributed by atoms with van der Waals surface area (Å²) in [5.74, 6) is -0.429. The third-order valence-corrected chi connectivity index (χ3v) is 3.11. The minimum Gasteiger partial charge on any atom is -0.479 e. The number of fused-ring (bicyclic) bond motifs is 1. The third-order valence-electron chi connectivity index (χ3n) is 3.11. The molecule has 0 fully saturated rings. The van der Waals surface area contributed by atoms with Crippen LogP contribution >= 0.6 is 0 Å². The van der Waals surface area contributed by atoms with Crippen LogP contribution < -0.4 is 14.8 Å². The van der Waals surface area contributed by atoms with E-state index in [1.54, 1.807) is 24.3 Å². The van der Waals surface area contributed by atoms with E-state index in [4.69, 9.17) is 9.47 Å². The molecular formula is C15H12FNO4. The van der Waals surface area contributed by atoms with Gasteiger partial charge in [-0.15, -0.1) is 0 Å². The molecule has 2 aromatic rings. The number of halogens is 1. The van der Waals surface area contributed by atoms with Crippen LogP contribution in [0, 0.1) is 5.82 Å². The van der Waals surface area contributed by atoms with Gasteiger partial charge in [0.15, 0.2) is 17.5 Å². The fourth-order valence-corrected chi connectivity index (χ4v) is 2.13. The highest BCUT2D eigenvalue weighted by Gasteiger charge is 2.23. The van der Waals surface area contributed by atoms with Gasteiger partial charge in [-0.25, -0.2) is 9.18 Å². The Morgan fingerprint density at radius 1 is 1.19 bits per heavy atom. The van der Waals surface area contributed by atoms with Gasteiger partial charge in [-0.1, -0.05) is 12.1 Å². The number of anilines is 1. The molecule has 0 amide bonds. The molecule has 108 valence electrons. The number of ether oxygens (including phenoxy) is 2. The van der Waals surface area contributed by atoms with Gasteiger partial charge >= 0.3 is 5.97 Å². The lowest BCUT2D eigenvalue weighted by Gasteiger charge is -2.16. The first-order chi connectivity index (χ1) is 10.1. The van der Waals surface area contributed by atoms with Gasteiger partial charge in [-0.2, -0.15) is 0 Å². The minimum absolute atomic E-state index is 0.119. The lowest BCUT2D eigenvalue weighted by Crippen LogP contribution is -2.20. The van der Waals surface area contributed by atoms with E-state index >= 15 is 0 Å². The summed E-state index contributed by atoms with van der Waals surface area (Å²) >= 11 is 0. The van der Waals surface area contributed by atoms with Gasteiger partial charge in [-0.3, -0.25) is 0 Å². The molecule has 0 bridgehead atoms. The maximum Gasteiger partial charge on any atom is 0.330 e. The number of benzene rings is 2. The number of aliphatic carboxylic acids is 1. The predicted octanol–water partition coefficient (Wildman–Crippen LogP) is 2.79. The minimum atomic E-state index is -1.07. The number of hydrogen-bond acceptors (Lipinski definition) is 4. The zero-order chi connectivity index (χ0) is 14.8. The molecule has 0 aromatic heterocycles. The lowest BCUT2D eigenvalue weighted by atomic mass is 10.1.